The Balaban J connectivity index is 2.21. The predicted molar refractivity (Wildman–Crippen MR) is 93.0 cm³/mol. The molecule has 1 fully saturated rings. The molecule has 0 unspecified atom stereocenters. The van der Waals surface area contributed by atoms with E-state index in [2.05, 4.69) is 15.5 Å². The number of hydrogen-bond donors (Lipinski definition) is 2. The van der Waals surface area contributed by atoms with Crippen LogP contribution in [0.4, 0.5) is 0 Å². The molecule has 1 atom stereocenters. The van der Waals surface area contributed by atoms with Crippen LogP contribution in [0.3, 0.4) is 0 Å². The highest BCUT2D eigenvalue weighted by Gasteiger charge is 2.32. The standard InChI is InChI=1S/C17H27N5O3/c1-11(23)21-6-7-22(10-12(9-21)15(24)18-5)16(25)13-8-14(20-19-13)17(2,3)4/h8,12H,6-7,9-10H2,1-5H3,(H,18,24)(H,19,20)/t12-/m1/s1. The monoisotopic (exact) mass is 349 g/mol. The number of nitrogens with zero attached hydrogens (tertiary/aromatic N) is 3. The van der Waals surface area contributed by atoms with Gasteiger partial charge in [0, 0.05) is 51.3 Å². The van der Waals surface area contributed by atoms with Gasteiger partial charge in [-0.2, -0.15) is 5.10 Å². The molecule has 8 heteroatoms. The first-order chi connectivity index (χ1) is 11.6. The van der Waals surface area contributed by atoms with Crippen LogP contribution in [-0.2, 0) is 15.0 Å². The van der Waals surface area contributed by atoms with Gasteiger partial charge in [0.2, 0.25) is 11.8 Å². The van der Waals surface area contributed by atoms with Gasteiger partial charge in [-0.3, -0.25) is 19.5 Å². The van der Waals surface area contributed by atoms with E-state index in [1.54, 1.807) is 22.9 Å². The van der Waals surface area contributed by atoms with E-state index in [9.17, 15) is 14.4 Å². The van der Waals surface area contributed by atoms with Gasteiger partial charge in [-0.1, -0.05) is 20.8 Å². The van der Waals surface area contributed by atoms with Gasteiger partial charge in [-0.05, 0) is 6.07 Å². The second-order valence-electron chi connectivity index (χ2n) is 7.44. The van der Waals surface area contributed by atoms with Crippen LogP contribution in [0.15, 0.2) is 6.07 Å². The number of nitrogens with one attached hydrogen (secondary N) is 2. The molecule has 1 aromatic rings. The number of carbonyl (C=O) groups excluding carboxylic acids is 3. The molecule has 2 rings (SSSR count). The van der Waals surface area contributed by atoms with Gasteiger partial charge in [-0.25, -0.2) is 0 Å². The summed E-state index contributed by atoms with van der Waals surface area (Å²) in [6, 6.07) is 1.75. The molecule has 2 heterocycles. The molecule has 1 aliphatic rings. The van der Waals surface area contributed by atoms with Crippen LogP contribution in [0.25, 0.3) is 0 Å². The zero-order valence-electron chi connectivity index (χ0n) is 15.5. The molecular weight excluding hydrogens is 322 g/mol. The van der Waals surface area contributed by atoms with E-state index in [-0.39, 0.29) is 29.7 Å². The molecule has 0 saturated carbocycles. The Morgan fingerprint density at radius 2 is 1.80 bits per heavy atom. The molecule has 0 aromatic carbocycles. The van der Waals surface area contributed by atoms with E-state index in [1.165, 1.54) is 6.92 Å². The lowest BCUT2D eigenvalue weighted by Gasteiger charge is -2.22. The smallest absolute Gasteiger partial charge is 0.274 e. The Morgan fingerprint density at radius 1 is 1.20 bits per heavy atom. The Morgan fingerprint density at radius 3 is 2.32 bits per heavy atom. The van der Waals surface area contributed by atoms with E-state index >= 15 is 0 Å². The lowest BCUT2D eigenvalue weighted by atomic mass is 9.92. The number of hydrogen-bond acceptors (Lipinski definition) is 4. The van der Waals surface area contributed by atoms with Crippen LogP contribution in [0, 0.1) is 5.92 Å². The summed E-state index contributed by atoms with van der Waals surface area (Å²) in [6.07, 6.45) is 0. The van der Waals surface area contributed by atoms with Crippen molar-refractivity contribution < 1.29 is 14.4 Å². The predicted octanol–water partition coefficient (Wildman–Crippen LogP) is 0.374. The summed E-state index contributed by atoms with van der Waals surface area (Å²) in [5.74, 6) is -0.964. The second kappa shape index (κ2) is 7.25. The molecule has 1 aliphatic heterocycles. The lowest BCUT2D eigenvalue weighted by molar-refractivity contribution is -0.130. The fraction of sp³-hybridized carbons (Fsp3) is 0.647. The first-order valence-electron chi connectivity index (χ1n) is 8.45. The quantitative estimate of drug-likeness (QED) is 0.806. The Labute approximate surface area is 147 Å². The normalized spacial score (nSPS) is 18.7. The molecule has 0 aliphatic carbocycles. The SMILES string of the molecule is CNC(=O)[C@@H]1CN(C(C)=O)CCN(C(=O)c2cc(C(C)(C)C)[nH]n2)C1. The van der Waals surface area contributed by atoms with Crippen LogP contribution in [0.5, 0.6) is 0 Å². The first kappa shape index (κ1) is 19.0. The van der Waals surface area contributed by atoms with Gasteiger partial charge >= 0.3 is 0 Å². The van der Waals surface area contributed by atoms with Crippen molar-refractivity contribution in [2.45, 2.75) is 33.1 Å². The van der Waals surface area contributed by atoms with Crippen molar-refractivity contribution in [3.63, 3.8) is 0 Å². The third-order valence-electron chi connectivity index (χ3n) is 4.48. The summed E-state index contributed by atoms with van der Waals surface area (Å²) in [6.45, 7) is 8.94. The lowest BCUT2D eigenvalue weighted by Crippen LogP contribution is -2.42. The van der Waals surface area contributed by atoms with Crippen LogP contribution >= 0.6 is 0 Å². The molecule has 1 aromatic heterocycles. The minimum absolute atomic E-state index is 0.0991. The van der Waals surface area contributed by atoms with Crippen molar-refractivity contribution in [1.29, 1.82) is 0 Å². The number of amides is 3. The molecule has 25 heavy (non-hydrogen) atoms. The van der Waals surface area contributed by atoms with Crippen molar-refractivity contribution >= 4 is 17.7 Å². The van der Waals surface area contributed by atoms with Gasteiger partial charge in [0.25, 0.3) is 5.91 Å². The molecule has 0 radical (unpaired) electrons. The number of H-pyrrole nitrogens is 1. The van der Waals surface area contributed by atoms with Gasteiger partial charge in [0.15, 0.2) is 0 Å². The fourth-order valence-corrected chi connectivity index (χ4v) is 2.83. The summed E-state index contributed by atoms with van der Waals surface area (Å²) in [7, 11) is 1.56. The third-order valence-corrected chi connectivity index (χ3v) is 4.48. The van der Waals surface area contributed by atoms with Crippen molar-refractivity contribution in [2.24, 2.45) is 5.92 Å². The summed E-state index contributed by atoms with van der Waals surface area (Å²) < 4.78 is 0. The maximum atomic E-state index is 12.8. The highest BCUT2D eigenvalue weighted by Crippen LogP contribution is 2.21. The second-order valence-corrected chi connectivity index (χ2v) is 7.44. The average molecular weight is 349 g/mol. The summed E-state index contributed by atoms with van der Waals surface area (Å²) in [5, 5.41) is 9.66. The molecule has 0 bridgehead atoms. The summed E-state index contributed by atoms with van der Waals surface area (Å²) in [5.41, 5.74) is 1.07. The third kappa shape index (κ3) is 4.37. The fourth-order valence-electron chi connectivity index (χ4n) is 2.83. The maximum Gasteiger partial charge on any atom is 0.274 e. The number of aromatic amines is 1. The number of rotatable bonds is 2. The Hall–Kier alpha value is -2.38. The molecule has 138 valence electrons. The first-order valence-corrected chi connectivity index (χ1v) is 8.45. The van der Waals surface area contributed by atoms with E-state index in [1.807, 2.05) is 20.8 Å². The minimum atomic E-state index is -0.457. The zero-order valence-corrected chi connectivity index (χ0v) is 15.5. The van der Waals surface area contributed by atoms with Crippen LogP contribution in [0.1, 0.15) is 43.9 Å². The molecular formula is C17H27N5O3. The van der Waals surface area contributed by atoms with E-state index in [4.69, 9.17) is 0 Å². The number of aromatic nitrogens is 2. The van der Waals surface area contributed by atoms with Gasteiger partial charge < -0.3 is 15.1 Å². The van der Waals surface area contributed by atoms with Crippen LogP contribution in [-0.4, -0.2) is 70.9 Å². The molecule has 1 saturated heterocycles. The van der Waals surface area contributed by atoms with Crippen LogP contribution < -0.4 is 5.32 Å². The Bertz CT molecular complexity index is 661. The largest absolute Gasteiger partial charge is 0.359 e. The summed E-state index contributed by atoms with van der Waals surface area (Å²) >= 11 is 0. The van der Waals surface area contributed by atoms with Crippen molar-refractivity contribution in [3.05, 3.63) is 17.5 Å². The minimum Gasteiger partial charge on any atom is -0.359 e. The molecule has 3 amide bonds. The van der Waals surface area contributed by atoms with Crippen molar-refractivity contribution in [1.82, 2.24) is 25.3 Å². The van der Waals surface area contributed by atoms with E-state index < -0.39 is 5.92 Å². The van der Waals surface area contributed by atoms with Gasteiger partial charge in [0.05, 0.1) is 5.92 Å². The van der Waals surface area contributed by atoms with Crippen LogP contribution in [0.2, 0.25) is 0 Å². The maximum absolute atomic E-state index is 12.8. The highest BCUT2D eigenvalue weighted by molar-refractivity contribution is 5.93. The van der Waals surface area contributed by atoms with Crippen molar-refractivity contribution in [2.75, 3.05) is 33.2 Å². The number of carbonyl (C=O) groups is 3. The summed E-state index contributed by atoms with van der Waals surface area (Å²) in [4.78, 5) is 39.9. The van der Waals surface area contributed by atoms with E-state index in [0.29, 0.717) is 25.3 Å². The Kier molecular flexibility index (Phi) is 5.49. The topological polar surface area (TPSA) is 98.4 Å². The molecule has 2 N–H and O–H groups in total. The van der Waals surface area contributed by atoms with Crippen molar-refractivity contribution in [3.8, 4) is 0 Å². The molecule has 0 spiro atoms. The zero-order chi connectivity index (χ0) is 18.8. The van der Waals surface area contributed by atoms with Gasteiger partial charge in [-0.15, -0.1) is 0 Å². The van der Waals surface area contributed by atoms with Gasteiger partial charge in [0.1, 0.15) is 5.69 Å². The average Bonchev–Trinajstić information content (AvgIpc) is 2.93. The highest BCUT2D eigenvalue weighted by atomic mass is 16.2. The molecule has 8 nitrogen and oxygen atoms in total. The van der Waals surface area contributed by atoms with E-state index in [0.717, 1.165) is 5.69 Å².